The molecule has 0 saturated carbocycles. The van der Waals surface area contributed by atoms with Gasteiger partial charge in [-0.05, 0) is 64.9 Å². The molecule has 0 fully saturated rings. The number of hydrogen-bond donors (Lipinski definition) is 0. The molecule has 5 aromatic rings. The minimum absolute atomic E-state index is 0.178. The van der Waals surface area contributed by atoms with Crippen LogP contribution in [0.15, 0.2) is 85.2 Å². The number of carbonyl (C=O) groups excluding carboxylic acids is 1. The summed E-state index contributed by atoms with van der Waals surface area (Å²) in [6.45, 7) is 2.99. The molecule has 0 aliphatic carbocycles. The molecule has 0 atom stereocenters. The fraction of sp³-hybridized carbons (Fsp3) is 0.258. The average molecular weight is 465 g/mol. The smallest absolute Gasteiger partial charge is 0.231 e. The van der Waals surface area contributed by atoms with Crippen molar-refractivity contribution in [2.75, 3.05) is 7.11 Å². The van der Waals surface area contributed by atoms with Crippen LogP contribution in [0.25, 0.3) is 32.9 Å². The van der Waals surface area contributed by atoms with Crippen molar-refractivity contribution < 1.29 is 9.53 Å². The second-order valence-electron chi connectivity index (χ2n) is 9.23. The zero-order valence-corrected chi connectivity index (χ0v) is 20.5. The quantitative estimate of drug-likeness (QED) is 0.208. The molecule has 0 spiro atoms. The van der Waals surface area contributed by atoms with Gasteiger partial charge in [0, 0.05) is 36.3 Å². The van der Waals surface area contributed by atoms with Gasteiger partial charge in [-0.1, -0.05) is 62.6 Å². The van der Waals surface area contributed by atoms with E-state index in [2.05, 4.69) is 72.3 Å². The van der Waals surface area contributed by atoms with Gasteiger partial charge in [0.15, 0.2) is 0 Å². The van der Waals surface area contributed by atoms with Crippen molar-refractivity contribution in [3.8, 4) is 16.9 Å². The Balaban J connectivity index is 1.43. The molecular weight excluding hydrogens is 432 g/mol. The first-order chi connectivity index (χ1) is 17.2. The van der Waals surface area contributed by atoms with Gasteiger partial charge < -0.3 is 9.30 Å². The van der Waals surface area contributed by atoms with Crippen LogP contribution in [0.1, 0.15) is 49.4 Å². The van der Waals surface area contributed by atoms with E-state index >= 15 is 0 Å². The van der Waals surface area contributed by atoms with Crippen molar-refractivity contribution in [1.29, 1.82) is 0 Å². The highest BCUT2D eigenvalue weighted by molar-refractivity contribution is 5.95. The van der Waals surface area contributed by atoms with Crippen molar-refractivity contribution in [3.63, 3.8) is 0 Å². The Morgan fingerprint density at radius 1 is 0.771 bits per heavy atom. The molecule has 2 heterocycles. The van der Waals surface area contributed by atoms with Crippen molar-refractivity contribution in [2.45, 2.75) is 45.6 Å². The summed E-state index contributed by atoms with van der Waals surface area (Å²) in [5.74, 6) is 1.05. The summed E-state index contributed by atoms with van der Waals surface area (Å²) in [5, 5.41) is 2.31. The Morgan fingerprint density at radius 3 is 2.17 bits per heavy atom. The van der Waals surface area contributed by atoms with Crippen LogP contribution in [0, 0.1) is 0 Å². The predicted molar refractivity (Wildman–Crippen MR) is 144 cm³/mol. The number of aromatic nitrogens is 2. The number of unbranched alkanes of at least 4 members (excludes halogenated alkanes) is 3. The lowest BCUT2D eigenvalue weighted by atomic mass is 10.0. The Hall–Kier alpha value is -3.79. The Labute approximate surface area is 206 Å². The zero-order valence-electron chi connectivity index (χ0n) is 20.5. The summed E-state index contributed by atoms with van der Waals surface area (Å²) in [4.78, 5) is 12.9. The molecule has 35 heavy (non-hydrogen) atoms. The van der Waals surface area contributed by atoms with Gasteiger partial charge >= 0.3 is 0 Å². The highest BCUT2D eigenvalue weighted by Gasteiger charge is 2.11. The highest BCUT2D eigenvalue weighted by atomic mass is 16.5. The maximum atomic E-state index is 12.9. The van der Waals surface area contributed by atoms with Gasteiger partial charge in [0.1, 0.15) is 5.75 Å². The number of methoxy groups -OCH3 is 1. The van der Waals surface area contributed by atoms with Crippen LogP contribution in [0.3, 0.4) is 0 Å². The molecule has 0 aliphatic rings. The highest BCUT2D eigenvalue weighted by Crippen LogP contribution is 2.29. The number of benzene rings is 3. The van der Waals surface area contributed by atoms with Gasteiger partial charge in [0.25, 0.3) is 0 Å². The summed E-state index contributed by atoms with van der Waals surface area (Å²) in [5.41, 5.74) is 5.68. The topological polar surface area (TPSA) is 36.2 Å². The summed E-state index contributed by atoms with van der Waals surface area (Å²) < 4.78 is 9.40. The largest absolute Gasteiger partial charge is 0.497 e. The van der Waals surface area contributed by atoms with Crippen LogP contribution in [0.2, 0.25) is 0 Å². The van der Waals surface area contributed by atoms with E-state index in [1.54, 1.807) is 7.11 Å². The van der Waals surface area contributed by atoms with Crippen molar-refractivity contribution in [1.82, 2.24) is 9.13 Å². The molecule has 0 aliphatic heterocycles. The normalized spacial score (nSPS) is 11.4. The molecule has 178 valence electrons. The van der Waals surface area contributed by atoms with Gasteiger partial charge in [0.2, 0.25) is 5.91 Å². The van der Waals surface area contributed by atoms with Gasteiger partial charge in [0.05, 0.1) is 12.6 Å². The van der Waals surface area contributed by atoms with Crippen LogP contribution in [-0.4, -0.2) is 22.2 Å². The molecule has 3 aromatic carbocycles. The standard InChI is InChI=1S/C31H32N2O2/c1-3-4-5-6-7-31(34)33-19-17-25-11-13-27(21-30(25)33)26-12-10-24-16-18-32(29(24)20-26)22-23-8-14-28(35-2)15-9-23/h8-21H,3-7,22H2,1-2H3. The molecule has 0 radical (unpaired) electrons. The van der Waals surface area contributed by atoms with E-state index in [0.717, 1.165) is 47.2 Å². The van der Waals surface area contributed by atoms with Crippen LogP contribution in [-0.2, 0) is 6.54 Å². The van der Waals surface area contributed by atoms with E-state index in [-0.39, 0.29) is 5.91 Å². The van der Waals surface area contributed by atoms with Gasteiger partial charge in [-0.3, -0.25) is 9.36 Å². The summed E-state index contributed by atoms with van der Waals surface area (Å²) in [6, 6.07) is 25.4. The number of fused-ring (bicyclic) bond motifs is 2. The number of nitrogens with zero attached hydrogens (tertiary/aromatic N) is 2. The maximum Gasteiger partial charge on any atom is 0.231 e. The number of rotatable bonds is 9. The maximum absolute atomic E-state index is 12.9. The molecular formula is C31H32N2O2. The van der Waals surface area contributed by atoms with Crippen molar-refractivity contribution >= 4 is 27.7 Å². The second kappa shape index (κ2) is 10.2. The lowest BCUT2D eigenvalue weighted by Gasteiger charge is -2.09. The fourth-order valence-electron chi connectivity index (χ4n) is 4.78. The molecule has 0 unspecified atom stereocenters. The lowest BCUT2D eigenvalue weighted by Crippen LogP contribution is -2.08. The SMILES string of the molecule is CCCCCCC(=O)n1ccc2ccc(-c3ccc4ccn(Cc5ccc(OC)cc5)c4c3)cc21. The Morgan fingerprint density at radius 2 is 1.46 bits per heavy atom. The number of ether oxygens (including phenoxy) is 1. The van der Waals surface area contributed by atoms with Gasteiger partial charge in [-0.25, -0.2) is 0 Å². The van der Waals surface area contributed by atoms with E-state index < -0.39 is 0 Å². The monoisotopic (exact) mass is 464 g/mol. The third-order valence-corrected chi connectivity index (χ3v) is 6.83. The fourth-order valence-corrected chi connectivity index (χ4v) is 4.78. The minimum atomic E-state index is 0.178. The Bertz CT molecular complexity index is 1460. The minimum Gasteiger partial charge on any atom is -0.497 e. The molecule has 2 aromatic heterocycles. The summed E-state index contributed by atoms with van der Waals surface area (Å²) in [7, 11) is 1.69. The van der Waals surface area contributed by atoms with Crippen LogP contribution in [0.4, 0.5) is 0 Å². The summed E-state index contributed by atoms with van der Waals surface area (Å²) >= 11 is 0. The summed E-state index contributed by atoms with van der Waals surface area (Å²) in [6.07, 6.45) is 9.09. The second-order valence-corrected chi connectivity index (χ2v) is 9.23. The number of carbonyl (C=O) groups is 1. The first kappa shape index (κ1) is 23.0. The third-order valence-electron chi connectivity index (χ3n) is 6.83. The predicted octanol–water partition coefficient (Wildman–Crippen LogP) is 7.93. The number of hydrogen-bond acceptors (Lipinski definition) is 2. The van der Waals surface area contributed by atoms with Crippen LogP contribution in [0.5, 0.6) is 5.75 Å². The van der Waals surface area contributed by atoms with Crippen LogP contribution < -0.4 is 4.74 Å². The van der Waals surface area contributed by atoms with E-state index in [4.69, 9.17) is 4.74 Å². The van der Waals surface area contributed by atoms with Crippen molar-refractivity contribution in [3.05, 3.63) is 90.8 Å². The zero-order chi connectivity index (χ0) is 24.2. The molecule has 0 saturated heterocycles. The molecule has 4 heteroatoms. The molecule has 0 bridgehead atoms. The van der Waals surface area contributed by atoms with E-state index in [1.807, 2.05) is 29.0 Å². The molecule has 4 nitrogen and oxygen atoms in total. The average Bonchev–Trinajstić information content (AvgIpc) is 3.50. The van der Waals surface area contributed by atoms with E-state index in [9.17, 15) is 4.79 Å². The molecule has 0 amide bonds. The van der Waals surface area contributed by atoms with Crippen molar-refractivity contribution in [2.24, 2.45) is 0 Å². The first-order valence-corrected chi connectivity index (χ1v) is 12.5. The van der Waals surface area contributed by atoms with E-state index in [0.29, 0.717) is 6.42 Å². The lowest BCUT2D eigenvalue weighted by molar-refractivity contribution is 0.0904. The first-order valence-electron chi connectivity index (χ1n) is 12.5. The van der Waals surface area contributed by atoms with E-state index in [1.165, 1.54) is 29.3 Å². The third kappa shape index (κ3) is 4.88. The Kier molecular flexibility index (Phi) is 6.71. The van der Waals surface area contributed by atoms with Gasteiger partial charge in [-0.15, -0.1) is 0 Å². The van der Waals surface area contributed by atoms with Crippen LogP contribution >= 0.6 is 0 Å². The molecule has 0 N–H and O–H groups in total. The van der Waals surface area contributed by atoms with Gasteiger partial charge in [-0.2, -0.15) is 0 Å². The molecule has 5 rings (SSSR count).